The molecule has 6 heteroatoms. The first-order chi connectivity index (χ1) is 7.94. The first kappa shape index (κ1) is 13.4. The minimum absolute atomic E-state index is 0.252. The first-order valence-electron chi connectivity index (χ1n) is 5.01. The first-order valence-corrected chi connectivity index (χ1v) is 6.62. The Labute approximate surface area is 99.9 Å². The van der Waals surface area contributed by atoms with Crippen LogP contribution in [-0.4, -0.2) is 25.9 Å². The van der Waals surface area contributed by atoms with Crippen molar-refractivity contribution in [1.29, 1.82) is 0 Å². The predicted octanol–water partition coefficient (Wildman–Crippen LogP) is 0.740. The minimum atomic E-state index is -3.72. The van der Waals surface area contributed by atoms with Crippen LogP contribution in [0.1, 0.15) is 23.7 Å². The van der Waals surface area contributed by atoms with Gasteiger partial charge in [-0.2, -0.15) is 0 Å². The van der Waals surface area contributed by atoms with Gasteiger partial charge < -0.3 is 0 Å². The number of hydrogen-bond donors (Lipinski definition) is 0. The Balaban J connectivity index is 2.62. The molecule has 0 aliphatic carbocycles. The maximum absolute atomic E-state index is 11.6. The molecule has 1 rings (SSSR count). The average Bonchev–Trinajstić information content (AvgIpc) is 2.29. The Morgan fingerprint density at radius 2 is 1.76 bits per heavy atom. The van der Waals surface area contributed by atoms with E-state index in [0.29, 0.717) is 5.56 Å². The summed E-state index contributed by atoms with van der Waals surface area (Å²) in [6.07, 6.45) is -0.525. The SMILES string of the molecule is CCS(=O)(=O)[N]C(=O)CC(=O)c1ccccc1. The van der Waals surface area contributed by atoms with E-state index >= 15 is 0 Å². The van der Waals surface area contributed by atoms with Crippen LogP contribution in [0.15, 0.2) is 30.3 Å². The zero-order chi connectivity index (χ0) is 12.9. The van der Waals surface area contributed by atoms with E-state index < -0.39 is 28.1 Å². The molecule has 1 amide bonds. The number of ketones is 1. The van der Waals surface area contributed by atoms with Crippen LogP contribution in [0.3, 0.4) is 0 Å². The molecular weight excluding hydrogens is 242 g/mol. The second-order valence-electron chi connectivity index (χ2n) is 3.32. The Kier molecular flexibility index (Phi) is 4.39. The molecule has 0 fully saturated rings. The van der Waals surface area contributed by atoms with Gasteiger partial charge in [0.15, 0.2) is 5.78 Å². The minimum Gasteiger partial charge on any atom is -0.294 e. The van der Waals surface area contributed by atoms with Crippen molar-refractivity contribution in [1.82, 2.24) is 4.72 Å². The third kappa shape index (κ3) is 4.36. The Bertz CT molecular complexity index is 508. The Hall–Kier alpha value is -1.69. The number of amides is 1. The fourth-order valence-corrected chi connectivity index (χ4v) is 1.62. The fourth-order valence-electron chi connectivity index (χ4n) is 1.12. The van der Waals surface area contributed by atoms with Gasteiger partial charge in [-0.05, 0) is 6.92 Å². The molecule has 5 nitrogen and oxygen atoms in total. The van der Waals surface area contributed by atoms with Crippen LogP contribution in [0.2, 0.25) is 0 Å². The number of hydrogen-bond acceptors (Lipinski definition) is 4. The molecule has 91 valence electrons. The van der Waals surface area contributed by atoms with Crippen molar-refractivity contribution >= 4 is 21.7 Å². The molecular formula is C11H12NO4S. The predicted molar refractivity (Wildman–Crippen MR) is 62.0 cm³/mol. The average molecular weight is 254 g/mol. The van der Waals surface area contributed by atoms with Crippen LogP contribution >= 0.6 is 0 Å². The van der Waals surface area contributed by atoms with E-state index in [-0.39, 0.29) is 5.75 Å². The molecule has 0 aliphatic rings. The molecule has 0 aliphatic heterocycles. The molecule has 1 aromatic rings. The highest BCUT2D eigenvalue weighted by molar-refractivity contribution is 7.89. The van der Waals surface area contributed by atoms with E-state index in [1.54, 1.807) is 30.3 Å². The van der Waals surface area contributed by atoms with Gasteiger partial charge in [-0.25, -0.2) is 8.42 Å². The van der Waals surface area contributed by atoms with Crippen molar-refractivity contribution in [2.75, 3.05) is 5.75 Å². The zero-order valence-electron chi connectivity index (χ0n) is 9.29. The number of carbonyl (C=O) groups is 2. The molecule has 0 N–H and O–H groups in total. The smallest absolute Gasteiger partial charge is 0.264 e. The number of rotatable bonds is 5. The summed E-state index contributed by atoms with van der Waals surface area (Å²) in [6.45, 7) is 1.38. The van der Waals surface area contributed by atoms with E-state index in [9.17, 15) is 18.0 Å². The molecule has 0 saturated carbocycles. The summed E-state index contributed by atoms with van der Waals surface area (Å²) in [5.41, 5.74) is 0.366. The molecule has 0 spiro atoms. The lowest BCUT2D eigenvalue weighted by atomic mass is 10.1. The van der Waals surface area contributed by atoms with Gasteiger partial charge in [-0.3, -0.25) is 9.59 Å². The van der Waals surface area contributed by atoms with Crippen LogP contribution in [0, 0.1) is 0 Å². The lowest BCUT2D eigenvalue weighted by Gasteiger charge is -2.01. The monoisotopic (exact) mass is 254 g/mol. The van der Waals surface area contributed by atoms with Gasteiger partial charge >= 0.3 is 0 Å². The topological polar surface area (TPSA) is 82.4 Å². The van der Waals surface area contributed by atoms with Gasteiger partial charge in [-0.1, -0.05) is 30.3 Å². The molecule has 1 aromatic carbocycles. The summed E-state index contributed by atoms with van der Waals surface area (Å²) in [5, 5.41) is 0. The largest absolute Gasteiger partial charge is 0.294 e. The standard InChI is InChI=1S/C11H12NO4S/c1-2-17(15,16)12-11(14)8-10(13)9-6-4-3-5-7-9/h3-7H,2,8H2,1H3. The van der Waals surface area contributed by atoms with Crippen molar-refractivity contribution in [3.63, 3.8) is 0 Å². The summed E-state index contributed by atoms with van der Waals surface area (Å²) < 4.78 is 25.1. The summed E-state index contributed by atoms with van der Waals surface area (Å²) in [5.74, 6) is -1.62. The van der Waals surface area contributed by atoms with Crippen molar-refractivity contribution in [3.05, 3.63) is 35.9 Å². The third-order valence-corrected chi connectivity index (χ3v) is 3.22. The van der Waals surface area contributed by atoms with Crippen LogP contribution in [0.5, 0.6) is 0 Å². The highest BCUT2D eigenvalue weighted by Crippen LogP contribution is 2.03. The van der Waals surface area contributed by atoms with Crippen LogP contribution in [-0.2, 0) is 14.8 Å². The number of carbonyl (C=O) groups excluding carboxylic acids is 2. The molecule has 0 heterocycles. The van der Waals surface area contributed by atoms with Gasteiger partial charge in [0.05, 0.1) is 12.2 Å². The van der Waals surface area contributed by atoms with Gasteiger partial charge in [0.2, 0.25) is 0 Å². The van der Waals surface area contributed by atoms with E-state index in [1.165, 1.54) is 6.92 Å². The molecule has 0 saturated heterocycles. The second-order valence-corrected chi connectivity index (χ2v) is 5.25. The Morgan fingerprint density at radius 1 is 1.18 bits per heavy atom. The van der Waals surface area contributed by atoms with Crippen LogP contribution in [0.4, 0.5) is 0 Å². The third-order valence-electron chi connectivity index (χ3n) is 2.01. The molecule has 0 aromatic heterocycles. The number of Topliss-reactive ketones (excluding diaryl/α,β-unsaturated/α-hetero) is 1. The maximum atomic E-state index is 11.6. The molecule has 0 atom stereocenters. The van der Waals surface area contributed by atoms with E-state index in [0.717, 1.165) is 0 Å². The fraction of sp³-hybridized carbons (Fsp3) is 0.273. The van der Waals surface area contributed by atoms with Gasteiger partial charge in [-0.15, -0.1) is 4.72 Å². The highest BCUT2D eigenvalue weighted by Gasteiger charge is 2.18. The highest BCUT2D eigenvalue weighted by atomic mass is 32.2. The van der Waals surface area contributed by atoms with E-state index in [1.807, 2.05) is 0 Å². The van der Waals surface area contributed by atoms with E-state index in [4.69, 9.17) is 0 Å². The van der Waals surface area contributed by atoms with Gasteiger partial charge in [0, 0.05) is 5.56 Å². The maximum Gasteiger partial charge on any atom is 0.264 e. The second kappa shape index (κ2) is 5.58. The van der Waals surface area contributed by atoms with E-state index in [2.05, 4.69) is 4.72 Å². The summed E-state index contributed by atoms with van der Waals surface area (Å²) in [6, 6.07) is 8.19. The van der Waals surface area contributed by atoms with Gasteiger partial charge in [0.1, 0.15) is 0 Å². The lowest BCUT2D eigenvalue weighted by molar-refractivity contribution is -0.118. The lowest BCUT2D eigenvalue weighted by Crippen LogP contribution is -2.26. The molecule has 0 bridgehead atoms. The van der Waals surface area contributed by atoms with Crippen molar-refractivity contribution < 1.29 is 18.0 Å². The zero-order valence-corrected chi connectivity index (χ0v) is 10.1. The van der Waals surface area contributed by atoms with Crippen molar-refractivity contribution in [2.45, 2.75) is 13.3 Å². The number of nitrogens with zero attached hydrogens (tertiary/aromatic N) is 1. The number of benzene rings is 1. The van der Waals surface area contributed by atoms with Crippen LogP contribution in [0.25, 0.3) is 0 Å². The molecule has 17 heavy (non-hydrogen) atoms. The van der Waals surface area contributed by atoms with Crippen LogP contribution < -0.4 is 4.72 Å². The normalized spacial score (nSPS) is 10.9. The summed E-state index contributed by atoms with van der Waals surface area (Å²) in [4.78, 5) is 22.8. The van der Waals surface area contributed by atoms with Gasteiger partial charge in [0.25, 0.3) is 15.9 Å². The van der Waals surface area contributed by atoms with Crippen molar-refractivity contribution in [3.8, 4) is 0 Å². The molecule has 0 unspecified atom stereocenters. The number of sulfonamides is 1. The quantitative estimate of drug-likeness (QED) is 0.573. The van der Waals surface area contributed by atoms with Crippen molar-refractivity contribution in [2.24, 2.45) is 0 Å². The summed E-state index contributed by atoms with van der Waals surface area (Å²) in [7, 11) is -3.72. The Morgan fingerprint density at radius 3 is 2.29 bits per heavy atom. The molecule has 1 radical (unpaired) electrons. The summed E-state index contributed by atoms with van der Waals surface area (Å²) >= 11 is 0.